The van der Waals surface area contributed by atoms with Gasteiger partial charge >= 0.3 is 5.97 Å². The Morgan fingerprint density at radius 3 is 2.10 bits per heavy atom. The first-order valence-corrected chi connectivity index (χ1v) is 9.54. The number of hydrogen-bond donors (Lipinski definition) is 1. The van der Waals surface area contributed by atoms with Gasteiger partial charge in [-0.25, -0.2) is 4.79 Å². The maximum Gasteiger partial charge on any atom is 0.331 e. The van der Waals surface area contributed by atoms with Crippen molar-refractivity contribution in [3.63, 3.8) is 0 Å². The van der Waals surface area contributed by atoms with E-state index < -0.39 is 5.97 Å². The van der Waals surface area contributed by atoms with Gasteiger partial charge in [0.05, 0.1) is 13.2 Å². The van der Waals surface area contributed by atoms with Gasteiger partial charge in [0.2, 0.25) is 0 Å². The fourth-order valence-electron chi connectivity index (χ4n) is 2.92. The van der Waals surface area contributed by atoms with Crippen molar-refractivity contribution in [2.45, 2.75) is 6.04 Å². The Morgan fingerprint density at radius 1 is 0.867 bits per heavy atom. The average Bonchev–Trinajstić information content (AvgIpc) is 2.81. The Hall–Kier alpha value is -3.86. The van der Waals surface area contributed by atoms with Gasteiger partial charge in [0.25, 0.3) is 5.91 Å². The Kier molecular flexibility index (Phi) is 7.39. The molecule has 1 N–H and O–H groups in total. The van der Waals surface area contributed by atoms with E-state index in [1.54, 1.807) is 13.2 Å². The zero-order valence-electron chi connectivity index (χ0n) is 16.7. The van der Waals surface area contributed by atoms with Crippen molar-refractivity contribution < 1.29 is 19.1 Å². The molecule has 0 unspecified atom stereocenters. The summed E-state index contributed by atoms with van der Waals surface area (Å²) < 4.78 is 10.3. The predicted molar refractivity (Wildman–Crippen MR) is 116 cm³/mol. The normalized spacial score (nSPS) is 11.6. The standard InChI is InChI=1S/C25H23NO4/c1-29-22-15-13-21(14-16-22)25(20-10-6-3-7-11-20)26-23(27)18-30-24(28)17-12-19-8-4-2-5-9-19/h2-17,25H,18H2,1H3,(H,26,27)/b17-12+/t25-/m0/s1. The fraction of sp³-hybridized carbons (Fsp3) is 0.120. The van der Waals surface area contributed by atoms with Crippen LogP contribution in [0, 0.1) is 0 Å². The SMILES string of the molecule is COc1ccc([C@@H](NC(=O)COC(=O)/C=C/c2ccccc2)c2ccccc2)cc1. The number of nitrogens with one attached hydrogen (secondary N) is 1. The predicted octanol–water partition coefficient (Wildman–Crippen LogP) is 4.16. The van der Waals surface area contributed by atoms with Crippen LogP contribution in [-0.2, 0) is 14.3 Å². The lowest BCUT2D eigenvalue weighted by atomic mass is 9.98. The van der Waals surface area contributed by atoms with Crippen LogP contribution >= 0.6 is 0 Å². The Balaban J connectivity index is 1.63. The number of benzene rings is 3. The molecule has 0 saturated heterocycles. The molecule has 0 bridgehead atoms. The Labute approximate surface area is 176 Å². The summed E-state index contributed by atoms with van der Waals surface area (Å²) in [5.41, 5.74) is 2.69. The van der Waals surface area contributed by atoms with Gasteiger partial charge in [-0.05, 0) is 34.9 Å². The number of ether oxygens (including phenoxy) is 2. The Morgan fingerprint density at radius 2 is 1.47 bits per heavy atom. The van der Waals surface area contributed by atoms with Gasteiger partial charge in [0, 0.05) is 6.08 Å². The molecule has 3 aromatic rings. The van der Waals surface area contributed by atoms with E-state index in [4.69, 9.17) is 9.47 Å². The van der Waals surface area contributed by atoms with Gasteiger partial charge in [-0.2, -0.15) is 0 Å². The maximum atomic E-state index is 12.5. The highest BCUT2D eigenvalue weighted by molar-refractivity contribution is 5.89. The minimum absolute atomic E-state index is 0.364. The lowest BCUT2D eigenvalue weighted by Gasteiger charge is -2.20. The molecule has 0 radical (unpaired) electrons. The molecule has 5 nitrogen and oxygen atoms in total. The van der Waals surface area contributed by atoms with E-state index in [1.165, 1.54) is 6.08 Å². The van der Waals surface area contributed by atoms with Gasteiger partial charge < -0.3 is 14.8 Å². The van der Waals surface area contributed by atoms with E-state index in [-0.39, 0.29) is 18.6 Å². The highest BCUT2D eigenvalue weighted by Crippen LogP contribution is 2.24. The van der Waals surface area contributed by atoms with Crippen molar-refractivity contribution in [2.75, 3.05) is 13.7 Å². The van der Waals surface area contributed by atoms with E-state index in [9.17, 15) is 9.59 Å². The average molecular weight is 401 g/mol. The molecule has 0 saturated carbocycles. The molecule has 0 aliphatic carbocycles. The van der Waals surface area contributed by atoms with Gasteiger partial charge in [-0.3, -0.25) is 4.79 Å². The minimum Gasteiger partial charge on any atom is -0.497 e. The van der Waals surface area contributed by atoms with Crippen LogP contribution < -0.4 is 10.1 Å². The molecule has 1 atom stereocenters. The third kappa shape index (κ3) is 6.07. The summed E-state index contributed by atoms with van der Waals surface area (Å²) in [5.74, 6) is -0.230. The maximum absolute atomic E-state index is 12.5. The summed E-state index contributed by atoms with van der Waals surface area (Å²) in [7, 11) is 1.60. The van der Waals surface area contributed by atoms with Crippen LogP contribution in [0.1, 0.15) is 22.7 Å². The van der Waals surface area contributed by atoms with Gasteiger partial charge in [-0.1, -0.05) is 72.8 Å². The summed E-state index contributed by atoms with van der Waals surface area (Å²) in [5, 5.41) is 2.94. The molecule has 3 rings (SSSR count). The van der Waals surface area contributed by atoms with Gasteiger partial charge in [0.15, 0.2) is 6.61 Å². The number of esters is 1. The van der Waals surface area contributed by atoms with Crippen LogP contribution in [0.4, 0.5) is 0 Å². The van der Waals surface area contributed by atoms with Crippen LogP contribution in [0.2, 0.25) is 0 Å². The molecule has 30 heavy (non-hydrogen) atoms. The first kappa shape index (κ1) is 20.9. The molecule has 5 heteroatoms. The topological polar surface area (TPSA) is 64.6 Å². The molecular weight excluding hydrogens is 378 g/mol. The summed E-state index contributed by atoms with van der Waals surface area (Å²) >= 11 is 0. The summed E-state index contributed by atoms with van der Waals surface area (Å²) in [6.45, 7) is -0.364. The second kappa shape index (κ2) is 10.6. The highest BCUT2D eigenvalue weighted by atomic mass is 16.5. The molecule has 1 amide bonds. The molecule has 0 aromatic heterocycles. The Bertz CT molecular complexity index is 983. The van der Waals surface area contributed by atoms with Crippen molar-refractivity contribution in [3.05, 3.63) is 108 Å². The smallest absolute Gasteiger partial charge is 0.331 e. The molecular formula is C25H23NO4. The molecule has 3 aromatic carbocycles. The van der Waals surface area contributed by atoms with Crippen molar-refractivity contribution in [1.29, 1.82) is 0 Å². The van der Waals surface area contributed by atoms with E-state index in [0.29, 0.717) is 0 Å². The number of hydrogen-bond acceptors (Lipinski definition) is 4. The molecule has 152 valence electrons. The van der Waals surface area contributed by atoms with Crippen LogP contribution in [0.5, 0.6) is 5.75 Å². The van der Waals surface area contributed by atoms with E-state index in [1.807, 2.05) is 84.9 Å². The molecule has 0 aliphatic heterocycles. The summed E-state index contributed by atoms with van der Waals surface area (Å²) in [6.07, 6.45) is 2.95. The number of amides is 1. The third-order valence-corrected chi connectivity index (χ3v) is 4.44. The van der Waals surface area contributed by atoms with Crippen molar-refractivity contribution in [2.24, 2.45) is 0 Å². The lowest BCUT2D eigenvalue weighted by molar-refractivity contribution is -0.143. The van der Waals surface area contributed by atoms with E-state index >= 15 is 0 Å². The fourth-order valence-corrected chi connectivity index (χ4v) is 2.92. The first-order valence-electron chi connectivity index (χ1n) is 9.54. The monoisotopic (exact) mass is 401 g/mol. The zero-order chi connectivity index (χ0) is 21.2. The van der Waals surface area contributed by atoms with E-state index in [0.717, 1.165) is 22.4 Å². The van der Waals surface area contributed by atoms with Crippen molar-refractivity contribution in [3.8, 4) is 5.75 Å². The van der Waals surface area contributed by atoms with Gasteiger partial charge in [-0.15, -0.1) is 0 Å². The van der Waals surface area contributed by atoms with Crippen LogP contribution in [0.25, 0.3) is 6.08 Å². The summed E-state index contributed by atoms with van der Waals surface area (Å²) in [4.78, 5) is 24.4. The number of rotatable bonds is 8. The quantitative estimate of drug-likeness (QED) is 0.455. The molecule has 0 fully saturated rings. The van der Waals surface area contributed by atoms with Crippen LogP contribution in [0.15, 0.2) is 91.0 Å². The second-order valence-corrected chi connectivity index (χ2v) is 6.54. The number of carbonyl (C=O) groups is 2. The third-order valence-electron chi connectivity index (χ3n) is 4.44. The van der Waals surface area contributed by atoms with E-state index in [2.05, 4.69) is 5.32 Å². The van der Waals surface area contributed by atoms with Crippen molar-refractivity contribution in [1.82, 2.24) is 5.32 Å². The molecule has 0 aliphatic rings. The molecule has 0 spiro atoms. The van der Waals surface area contributed by atoms with Crippen LogP contribution in [-0.4, -0.2) is 25.6 Å². The zero-order valence-corrected chi connectivity index (χ0v) is 16.7. The second-order valence-electron chi connectivity index (χ2n) is 6.54. The van der Waals surface area contributed by atoms with Crippen molar-refractivity contribution >= 4 is 18.0 Å². The molecule has 0 heterocycles. The number of carbonyl (C=O) groups excluding carboxylic acids is 2. The summed E-state index contributed by atoms with van der Waals surface area (Å²) in [6, 6.07) is 26.1. The minimum atomic E-state index is -0.574. The highest BCUT2D eigenvalue weighted by Gasteiger charge is 2.17. The lowest BCUT2D eigenvalue weighted by Crippen LogP contribution is -2.32. The largest absolute Gasteiger partial charge is 0.497 e. The first-order chi connectivity index (χ1) is 14.7. The van der Waals surface area contributed by atoms with Crippen LogP contribution in [0.3, 0.4) is 0 Å². The van der Waals surface area contributed by atoms with Gasteiger partial charge in [0.1, 0.15) is 5.75 Å². The number of methoxy groups -OCH3 is 1.